The molecule has 26 heavy (non-hydrogen) atoms. The van der Waals surface area contributed by atoms with Crippen molar-refractivity contribution >= 4 is 21.7 Å². The van der Waals surface area contributed by atoms with Crippen molar-refractivity contribution in [1.82, 2.24) is 10.2 Å². The van der Waals surface area contributed by atoms with Gasteiger partial charge in [0.05, 0.1) is 17.2 Å². The smallest absolute Gasteiger partial charge is 0.217 e. The Balaban J connectivity index is 2.01. The van der Waals surface area contributed by atoms with Crippen molar-refractivity contribution in [2.75, 3.05) is 31.9 Å². The third kappa shape index (κ3) is 6.01. The molecule has 2 rings (SSSR count). The summed E-state index contributed by atoms with van der Waals surface area (Å²) in [6.45, 7) is 4.41. The van der Waals surface area contributed by atoms with Gasteiger partial charge in [-0.2, -0.15) is 0 Å². The van der Waals surface area contributed by atoms with Crippen LogP contribution < -0.4 is 11.1 Å². The van der Waals surface area contributed by atoms with Gasteiger partial charge in [0.15, 0.2) is 15.8 Å². The lowest BCUT2D eigenvalue weighted by Crippen LogP contribution is -2.47. The van der Waals surface area contributed by atoms with E-state index in [2.05, 4.69) is 15.2 Å². The Bertz CT molecular complexity index is 719. The van der Waals surface area contributed by atoms with Crippen LogP contribution in [0.25, 0.3) is 0 Å². The average Bonchev–Trinajstić information content (AvgIpc) is 2.61. The minimum absolute atomic E-state index is 0.0372. The van der Waals surface area contributed by atoms with Crippen molar-refractivity contribution in [3.8, 4) is 0 Å². The molecule has 1 aliphatic rings. The molecular formula is C18H28N4O3S. The van der Waals surface area contributed by atoms with Gasteiger partial charge < -0.3 is 16.0 Å². The third-order valence-corrected chi connectivity index (χ3v) is 6.08. The molecule has 1 heterocycles. The Labute approximate surface area is 155 Å². The molecule has 1 saturated heterocycles. The number of nitrogens with zero attached hydrogens (tertiary/aromatic N) is 2. The number of carbonyl (C=O) groups is 1. The fourth-order valence-electron chi connectivity index (χ4n) is 3.15. The Hall–Kier alpha value is -2.09. The summed E-state index contributed by atoms with van der Waals surface area (Å²) in [6.07, 6.45) is 2.31. The number of guanidine groups is 1. The first-order chi connectivity index (χ1) is 12.4. The maximum absolute atomic E-state index is 12.4. The van der Waals surface area contributed by atoms with Gasteiger partial charge in [-0.15, -0.1) is 0 Å². The van der Waals surface area contributed by atoms with Gasteiger partial charge in [-0.05, 0) is 37.8 Å². The van der Waals surface area contributed by atoms with Crippen LogP contribution in [0.15, 0.2) is 40.2 Å². The van der Waals surface area contributed by atoms with Gasteiger partial charge in [-0.3, -0.25) is 9.79 Å². The number of sulfone groups is 1. The van der Waals surface area contributed by atoms with Crippen molar-refractivity contribution in [2.45, 2.75) is 31.1 Å². The molecule has 0 bridgehead atoms. The van der Waals surface area contributed by atoms with E-state index in [9.17, 15) is 13.2 Å². The highest BCUT2D eigenvalue weighted by Gasteiger charge is 2.23. The van der Waals surface area contributed by atoms with E-state index in [1.807, 2.05) is 6.92 Å². The number of hydrogen-bond donors (Lipinski definition) is 2. The molecule has 144 valence electrons. The Kier molecular flexibility index (Phi) is 7.44. The molecule has 1 aromatic carbocycles. The normalized spacial score (nSPS) is 18.6. The van der Waals surface area contributed by atoms with Crippen LogP contribution in [0.4, 0.5) is 0 Å². The summed E-state index contributed by atoms with van der Waals surface area (Å²) in [4.78, 5) is 18.1. The zero-order valence-corrected chi connectivity index (χ0v) is 16.0. The maximum atomic E-state index is 12.4. The standard InChI is InChI=1S/C18H28N4O3S/c1-2-20-18(22-11-6-7-15(14-22)13-17(19)23)21-10-12-26(24,25)16-8-4-3-5-9-16/h3-5,8-9,15H,2,6-7,10-14H2,1H3,(H2,19,23)(H,20,21). The molecule has 0 saturated carbocycles. The second kappa shape index (κ2) is 9.56. The second-order valence-corrected chi connectivity index (χ2v) is 8.60. The number of carbonyl (C=O) groups excluding carboxylic acids is 1. The first kappa shape index (κ1) is 20.2. The molecule has 0 radical (unpaired) electrons. The van der Waals surface area contributed by atoms with Crippen molar-refractivity contribution in [2.24, 2.45) is 16.6 Å². The Morgan fingerprint density at radius 3 is 2.73 bits per heavy atom. The van der Waals surface area contributed by atoms with Crippen molar-refractivity contribution in [3.63, 3.8) is 0 Å². The second-order valence-electron chi connectivity index (χ2n) is 6.49. The number of hydrogen-bond acceptors (Lipinski definition) is 4. The number of aliphatic imine (C=N–C) groups is 1. The van der Waals surface area contributed by atoms with Crippen LogP contribution in [0, 0.1) is 5.92 Å². The van der Waals surface area contributed by atoms with Gasteiger partial charge in [0.25, 0.3) is 0 Å². The molecule has 1 aliphatic heterocycles. The lowest BCUT2D eigenvalue weighted by atomic mass is 9.95. The van der Waals surface area contributed by atoms with Crippen LogP contribution in [-0.2, 0) is 14.6 Å². The van der Waals surface area contributed by atoms with Gasteiger partial charge >= 0.3 is 0 Å². The molecule has 0 aromatic heterocycles. The highest BCUT2D eigenvalue weighted by molar-refractivity contribution is 7.91. The lowest BCUT2D eigenvalue weighted by molar-refractivity contribution is -0.119. The van der Waals surface area contributed by atoms with E-state index in [0.29, 0.717) is 30.4 Å². The van der Waals surface area contributed by atoms with Gasteiger partial charge in [0, 0.05) is 26.1 Å². The molecule has 1 aromatic rings. The summed E-state index contributed by atoms with van der Waals surface area (Å²) in [5.74, 6) is 0.598. The molecule has 1 amide bonds. The zero-order chi connectivity index (χ0) is 19.0. The fourth-order valence-corrected chi connectivity index (χ4v) is 4.29. The number of rotatable bonds is 7. The first-order valence-corrected chi connectivity index (χ1v) is 10.7. The predicted octanol–water partition coefficient (Wildman–Crippen LogP) is 1.01. The molecule has 0 spiro atoms. The summed E-state index contributed by atoms with van der Waals surface area (Å²) in [5.41, 5.74) is 5.32. The number of nitrogens with one attached hydrogen (secondary N) is 1. The summed E-state index contributed by atoms with van der Waals surface area (Å²) >= 11 is 0. The molecule has 1 fully saturated rings. The maximum Gasteiger partial charge on any atom is 0.217 e. The minimum atomic E-state index is -3.34. The van der Waals surface area contributed by atoms with E-state index < -0.39 is 9.84 Å². The summed E-state index contributed by atoms with van der Waals surface area (Å²) in [6, 6.07) is 8.42. The monoisotopic (exact) mass is 380 g/mol. The van der Waals surface area contributed by atoms with E-state index in [4.69, 9.17) is 5.73 Å². The first-order valence-electron chi connectivity index (χ1n) is 9.01. The van der Waals surface area contributed by atoms with Gasteiger partial charge in [-0.25, -0.2) is 8.42 Å². The quantitative estimate of drug-likeness (QED) is 0.543. The number of piperidine rings is 1. The molecule has 1 atom stereocenters. The van der Waals surface area contributed by atoms with Gasteiger partial charge in [0.2, 0.25) is 5.91 Å². The SMILES string of the molecule is CCNC(=NCCS(=O)(=O)c1ccccc1)N1CCCC(CC(N)=O)C1. The van der Waals surface area contributed by atoms with Crippen molar-refractivity contribution in [3.05, 3.63) is 30.3 Å². The number of amides is 1. The van der Waals surface area contributed by atoms with Gasteiger partial charge in [-0.1, -0.05) is 18.2 Å². The third-order valence-electron chi connectivity index (χ3n) is 4.37. The number of benzene rings is 1. The van der Waals surface area contributed by atoms with Crippen LogP contribution >= 0.6 is 0 Å². The van der Waals surface area contributed by atoms with Crippen molar-refractivity contribution < 1.29 is 13.2 Å². The van der Waals surface area contributed by atoms with Crippen LogP contribution in [0.1, 0.15) is 26.2 Å². The van der Waals surface area contributed by atoms with Gasteiger partial charge in [0.1, 0.15) is 0 Å². The summed E-state index contributed by atoms with van der Waals surface area (Å²) in [5, 5.41) is 3.22. The Morgan fingerprint density at radius 1 is 1.35 bits per heavy atom. The zero-order valence-electron chi connectivity index (χ0n) is 15.2. The molecular weight excluding hydrogens is 352 g/mol. The average molecular weight is 381 g/mol. The van der Waals surface area contributed by atoms with Crippen molar-refractivity contribution in [1.29, 1.82) is 0 Å². The van der Waals surface area contributed by atoms with E-state index in [-0.39, 0.29) is 24.1 Å². The van der Waals surface area contributed by atoms with Crippen LogP contribution in [-0.4, -0.2) is 57.1 Å². The lowest BCUT2D eigenvalue weighted by Gasteiger charge is -2.34. The fraction of sp³-hybridized carbons (Fsp3) is 0.556. The number of primary amides is 1. The Morgan fingerprint density at radius 2 is 2.08 bits per heavy atom. The minimum Gasteiger partial charge on any atom is -0.370 e. The van der Waals surface area contributed by atoms with Crippen LogP contribution in [0.3, 0.4) is 0 Å². The largest absolute Gasteiger partial charge is 0.370 e. The molecule has 8 heteroatoms. The van der Waals surface area contributed by atoms with E-state index in [1.165, 1.54) is 0 Å². The number of likely N-dealkylation sites (tertiary alicyclic amines) is 1. The van der Waals surface area contributed by atoms with Crippen LogP contribution in [0.2, 0.25) is 0 Å². The molecule has 1 unspecified atom stereocenters. The predicted molar refractivity (Wildman–Crippen MR) is 103 cm³/mol. The van der Waals surface area contributed by atoms with Crippen LogP contribution in [0.5, 0.6) is 0 Å². The molecule has 0 aliphatic carbocycles. The number of nitrogens with two attached hydrogens (primary N) is 1. The molecule has 3 N–H and O–H groups in total. The van der Waals surface area contributed by atoms with E-state index in [1.54, 1.807) is 30.3 Å². The summed E-state index contributed by atoms with van der Waals surface area (Å²) in [7, 11) is -3.34. The summed E-state index contributed by atoms with van der Waals surface area (Å²) < 4.78 is 24.7. The highest BCUT2D eigenvalue weighted by Crippen LogP contribution is 2.19. The topological polar surface area (TPSA) is 105 Å². The molecule has 7 nitrogen and oxygen atoms in total. The highest BCUT2D eigenvalue weighted by atomic mass is 32.2. The van der Waals surface area contributed by atoms with E-state index in [0.717, 1.165) is 19.4 Å². The van der Waals surface area contributed by atoms with E-state index >= 15 is 0 Å².